The molecule has 0 aliphatic heterocycles. The van der Waals surface area contributed by atoms with Gasteiger partial charge in [0.25, 0.3) is 5.91 Å². The predicted octanol–water partition coefficient (Wildman–Crippen LogP) is 1.15. The van der Waals surface area contributed by atoms with Crippen LogP contribution in [0, 0.1) is 0 Å². The minimum atomic E-state index is -0.318. The first-order chi connectivity index (χ1) is 10.3. The molecule has 2 amide bonds. The maximum absolute atomic E-state index is 11.6. The van der Waals surface area contributed by atoms with Crippen molar-refractivity contribution in [2.24, 2.45) is 0 Å². The molecule has 0 unspecified atom stereocenters. The normalized spacial score (nSPS) is 10.1. The highest BCUT2D eigenvalue weighted by atomic mass is 16.3. The summed E-state index contributed by atoms with van der Waals surface area (Å²) in [6.07, 6.45) is 4.07. The summed E-state index contributed by atoms with van der Waals surface area (Å²) in [5, 5.41) is 5.40. The van der Waals surface area contributed by atoms with E-state index in [0.29, 0.717) is 13.0 Å². The van der Waals surface area contributed by atoms with E-state index in [9.17, 15) is 9.59 Å². The van der Waals surface area contributed by atoms with E-state index in [1.807, 2.05) is 18.2 Å². The van der Waals surface area contributed by atoms with Gasteiger partial charge in [-0.2, -0.15) is 0 Å². The first kappa shape index (κ1) is 14.8. The highest BCUT2D eigenvalue weighted by Gasteiger charge is 2.08. The Kier molecular flexibility index (Phi) is 5.51. The number of pyridine rings is 1. The molecule has 6 nitrogen and oxygen atoms in total. The van der Waals surface area contributed by atoms with Crippen molar-refractivity contribution in [2.75, 3.05) is 13.1 Å². The molecule has 2 aromatic rings. The minimum Gasteiger partial charge on any atom is -0.459 e. The number of amides is 2. The molecule has 6 heteroatoms. The molecule has 110 valence electrons. The first-order valence-corrected chi connectivity index (χ1v) is 6.74. The highest BCUT2D eigenvalue weighted by molar-refractivity contribution is 5.91. The Labute approximate surface area is 122 Å². The topological polar surface area (TPSA) is 84.2 Å². The van der Waals surface area contributed by atoms with Crippen LogP contribution in [-0.2, 0) is 11.2 Å². The fraction of sp³-hybridized carbons (Fsp3) is 0.267. The maximum atomic E-state index is 11.6. The van der Waals surface area contributed by atoms with Crippen LogP contribution >= 0.6 is 0 Å². The molecule has 0 bridgehead atoms. The number of rotatable bonds is 7. The van der Waals surface area contributed by atoms with Crippen LogP contribution in [0.3, 0.4) is 0 Å². The molecule has 2 aromatic heterocycles. The van der Waals surface area contributed by atoms with Gasteiger partial charge >= 0.3 is 0 Å². The van der Waals surface area contributed by atoms with Crippen molar-refractivity contribution in [1.29, 1.82) is 0 Å². The lowest BCUT2D eigenvalue weighted by atomic mass is 10.2. The standard InChI is InChI=1S/C15H17N3O3/c19-14(17-9-6-12-4-1-2-8-16-12)7-10-18-15(20)13-5-3-11-21-13/h1-5,8,11H,6-7,9-10H2,(H,17,19)(H,18,20). The van der Waals surface area contributed by atoms with E-state index in [0.717, 1.165) is 5.69 Å². The molecule has 21 heavy (non-hydrogen) atoms. The summed E-state index contributed by atoms with van der Waals surface area (Å²) in [7, 11) is 0. The zero-order chi connectivity index (χ0) is 14.9. The average molecular weight is 287 g/mol. The Morgan fingerprint density at radius 2 is 2.00 bits per heavy atom. The average Bonchev–Trinajstić information content (AvgIpc) is 3.02. The number of carbonyl (C=O) groups is 2. The van der Waals surface area contributed by atoms with Crippen molar-refractivity contribution in [3.63, 3.8) is 0 Å². The number of hydrogen-bond donors (Lipinski definition) is 2. The third kappa shape index (κ3) is 5.10. The summed E-state index contributed by atoms with van der Waals surface area (Å²) in [5.41, 5.74) is 0.934. The van der Waals surface area contributed by atoms with Gasteiger partial charge in [0, 0.05) is 37.8 Å². The second-order valence-corrected chi connectivity index (χ2v) is 4.40. The number of nitrogens with zero attached hydrogens (tertiary/aromatic N) is 1. The van der Waals surface area contributed by atoms with Gasteiger partial charge in [0.2, 0.25) is 5.91 Å². The van der Waals surface area contributed by atoms with Gasteiger partial charge in [-0.15, -0.1) is 0 Å². The number of carbonyl (C=O) groups excluding carboxylic acids is 2. The van der Waals surface area contributed by atoms with Gasteiger partial charge < -0.3 is 15.1 Å². The van der Waals surface area contributed by atoms with Crippen LogP contribution in [0.5, 0.6) is 0 Å². The number of aromatic nitrogens is 1. The summed E-state index contributed by atoms with van der Waals surface area (Å²) in [4.78, 5) is 27.3. The zero-order valence-corrected chi connectivity index (χ0v) is 11.5. The van der Waals surface area contributed by atoms with Gasteiger partial charge in [0.15, 0.2) is 5.76 Å². The minimum absolute atomic E-state index is 0.106. The molecule has 0 atom stereocenters. The molecule has 0 aromatic carbocycles. The van der Waals surface area contributed by atoms with Crippen LogP contribution < -0.4 is 10.6 Å². The summed E-state index contributed by atoms with van der Waals surface area (Å²) in [6.45, 7) is 0.803. The Bertz CT molecular complexity index is 567. The summed E-state index contributed by atoms with van der Waals surface area (Å²) in [5.74, 6) is -0.183. The van der Waals surface area contributed by atoms with Gasteiger partial charge in [-0.05, 0) is 24.3 Å². The summed E-state index contributed by atoms with van der Waals surface area (Å²) < 4.78 is 4.95. The maximum Gasteiger partial charge on any atom is 0.286 e. The van der Waals surface area contributed by atoms with Crippen molar-refractivity contribution in [1.82, 2.24) is 15.6 Å². The largest absolute Gasteiger partial charge is 0.459 e. The SMILES string of the molecule is O=C(CCNC(=O)c1ccco1)NCCc1ccccn1. The van der Waals surface area contributed by atoms with Crippen LogP contribution in [0.2, 0.25) is 0 Å². The summed E-state index contributed by atoms with van der Waals surface area (Å²) in [6, 6.07) is 8.88. The molecule has 0 saturated carbocycles. The van der Waals surface area contributed by atoms with Gasteiger partial charge in [-0.1, -0.05) is 6.07 Å². The molecule has 0 fully saturated rings. The second kappa shape index (κ2) is 7.84. The van der Waals surface area contributed by atoms with Crippen molar-refractivity contribution in [3.05, 3.63) is 54.2 Å². The van der Waals surface area contributed by atoms with Crippen molar-refractivity contribution >= 4 is 11.8 Å². The fourth-order valence-corrected chi connectivity index (χ4v) is 1.75. The zero-order valence-electron chi connectivity index (χ0n) is 11.5. The molecule has 0 saturated heterocycles. The van der Waals surface area contributed by atoms with Crippen molar-refractivity contribution < 1.29 is 14.0 Å². The lowest BCUT2D eigenvalue weighted by Gasteiger charge is -2.05. The van der Waals surface area contributed by atoms with E-state index in [4.69, 9.17) is 4.42 Å². The van der Waals surface area contributed by atoms with E-state index in [1.165, 1.54) is 6.26 Å². The van der Waals surface area contributed by atoms with Crippen LogP contribution in [0.15, 0.2) is 47.2 Å². The lowest BCUT2D eigenvalue weighted by molar-refractivity contribution is -0.120. The van der Waals surface area contributed by atoms with E-state index in [-0.39, 0.29) is 30.5 Å². The van der Waals surface area contributed by atoms with E-state index < -0.39 is 0 Å². The first-order valence-electron chi connectivity index (χ1n) is 6.74. The van der Waals surface area contributed by atoms with E-state index in [2.05, 4.69) is 15.6 Å². The summed E-state index contributed by atoms with van der Waals surface area (Å²) >= 11 is 0. The smallest absolute Gasteiger partial charge is 0.286 e. The van der Waals surface area contributed by atoms with Crippen LogP contribution in [0.4, 0.5) is 0 Å². The van der Waals surface area contributed by atoms with Crippen LogP contribution in [-0.4, -0.2) is 29.9 Å². The van der Waals surface area contributed by atoms with Gasteiger partial charge in [-0.3, -0.25) is 14.6 Å². The molecule has 2 N–H and O–H groups in total. The predicted molar refractivity (Wildman–Crippen MR) is 76.6 cm³/mol. The third-order valence-electron chi connectivity index (χ3n) is 2.81. The lowest BCUT2D eigenvalue weighted by Crippen LogP contribution is -2.31. The highest BCUT2D eigenvalue weighted by Crippen LogP contribution is 1.98. The van der Waals surface area contributed by atoms with Gasteiger partial charge in [0.1, 0.15) is 0 Å². The Morgan fingerprint density at radius 3 is 2.71 bits per heavy atom. The molecule has 2 heterocycles. The fourth-order valence-electron chi connectivity index (χ4n) is 1.75. The molecule has 0 aliphatic rings. The molecule has 2 rings (SSSR count). The molecular weight excluding hydrogens is 270 g/mol. The number of nitrogens with one attached hydrogen (secondary N) is 2. The van der Waals surface area contributed by atoms with Crippen LogP contribution in [0.25, 0.3) is 0 Å². The van der Waals surface area contributed by atoms with E-state index >= 15 is 0 Å². The molecule has 0 spiro atoms. The molecule has 0 radical (unpaired) electrons. The van der Waals surface area contributed by atoms with Gasteiger partial charge in [-0.25, -0.2) is 0 Å². The second-order valence-electron chi connectivity index (χ2n) is 4.40. The Morgan fingerprint density at radius 1 is 1.10 bits per heavy atom. The van der Waals surface area contributed by atoms with E-state index in [1.54, 1.807) is 18.3 Å². The monoisotopic (exact) mass is 287 g/mol. The Hall–Kier alpha value is -2.63. The molecular formula is C15H17N3O3. The number of hydrogen-bond acceptors (Lipinski definition) is 4. The Balaban J connectivity index is 1.58. The van der Waals surface area contributed by atoms with Crippen molar-refractivity contribution in [3.8, 4) is 0 Å². The van der Waals surface area contributed by atoms with Crippen molar-refractivity contribution in [2.45, 2.75) is 12.8 Å². The number of furan rings is 1. The third-order valence-corrected chi connectivity index (χ3v) is 2.81. The quantitative estimate of drug-likeness (QED) is 0.800. The molecule has 0 aliphatic carbocycles. The van der Waals surface area contributed by atoms with Gasteiger partial charge in [0.05, 0.1) is 6.26 Å². The van der Waals surface area contributed by atoms with Crippen LogP contribution in [0.1, 0.15) is 22.7 Å².